The van der Waals surface area contributed by atoms with E-state index in [0.717, 1.165) is 8.95 Å². The summed E-state index contributed by atoms with van der Waals surface area (Å²) in [6.07, 6.45) is 0. The summed E-state index contributed by atoms with van der Waals surface area (Å²) in [6.45, 7) is -1.62. The molecule has 0 atom stereocenters. The van der Waals surface area contributed by atoms with Crippen LogP contribution in [0.4, 0.5) is 0 Å². The molecule has 2 aromatic rings. The Morgan fingerprint density at radius 2 is 1.00 bits per heavy atom. The third-order valence-corrected chi connectivity index (χ3v) is 5.11. The second-order valence-corrected chi connectivity index (χ2v) is 8.09. The van der Waals surface area contributed by atoms with E-state index in [1.54, 1.807) is 48.5 Å². The quantitative estimate of drug-likeness (QED) is 0.390. The molecule has 0 saturated carbocycles. The highest BCUT2D eigenvalue weighted by Gasteiger charge is 2.26. The molecule has 0 fully saturated rings. The van der Waals surface area contributed by atoms with E-state index in [1.165, 1.54) is 0 Å². The lowest BCUT2D eigenvalue weighted by Crippen LogP contribution is -2.37. The number of rotatable bonds is 8. The van der Waals surface area contributed by atoms with E-state index < -0.39 is 40.1 Å². The van der Waals surface area contributed by atoms with Crippen LogP contribution in [-0.2, 0) is 4.57 Å². The number of halogens is 2. The Bertz CT molecular complexity index is 624. The lowest BCUT2D eigenvalue weighted by Gasteiger charge is -2.23. The lowest BCUT2D eigenvalue weighted by atomic mass is 9.93. The molecule has 0 spiro atoms. The highest BCUT2D eigenvalue weighted by Crippen LogP contribution is 2.31. The minimum Gasteiger partial charge on any atom is -0.396 e. The van der Waals surface area contributed by atoms with Gasteiger partial charge in [-0.25, -0.2) is 9.05 Å². The Hall–Kier alpha value is -1.06. The predicted molar refractivity (Wildman–Crippen MR) is 108 cm³/mol. The van der Waals surface area contributed by atoms with E-state index in [2.05, 4.69) is 31.9 Å². The number of aliphatic hydroxyl groups excluding tert-OH is 4. The Kier molecular flexibility index (Phi) is 11.0. The van der Waals surface area contributed by atoms with Crippen LogP contribution in [0.3, 0.4) is 0 Å². The average Bonchev–Trinajstić information content (AvgIpc) is 2.68. The Labute approximate surface area is 174 Å². The minimum atomic E-state index is -2.23. The van der Waals surface area contributed by atoms with Crippen LogP contribution in [0.1, 0.15) is 0 Å². The molecule has 0 heterocycles. The number of hydrogen-bond donors (Lipinski definition) is 4. The normalized spacial score (nSPS) is 10.6. The first kappa shape index (κ1) is 24.0. The molecule has 0 radical (unpaired) electrons. The highest BCUT2D eigenvalue weighted by atomic mass is 79.9. The maximum atomic E-state index is 11.6. The van der Waals surface area contributed by atoms with Crippen molar-refractivity contribution in [1.82, 2.24) is 0 Å². The maximum Gasteiger partial charge on any atom is 0.805 e. The average molecular weight is 527 g/mol. The lowest BCUT2D eigenvalue weighted by molar-refractivity contribution is -0.0328. The van der Waals surface area contributed by atoms with Crippen LogP contribution < -0.4 is 9.05 Å². The van der Waals surface area contributed by atoms with E-state index in [0.29, 0.717) is 11.5 Å². The molecule has 2 aromatic carbocycles. The van der Waals surface area contributed by atoms with Crippen molar-refractivity contribution >= 4 is 40.1 Å². The zero-order valence-electron chi connectivity index (χ0n) is 14.2. The fourth-order valence-corrected chi connectivity index (χ4v) is 2.64. The Balaban J connectivity index is 0.000000345. The van der Waals surface area contributed by atoms with Gasteiger partial charge < -0.3 is 20.4 Å². The highest BCUT2D eigenvalue weighted by molar-refractivity contribution is 9.10. The molecule has 7 nitrogen and oxygen atoms in total. The van der Waals surface area contributed by atoms with Gasteiger partial charge in [-0.2, -0.15) is 0 Å². The third kappa shape index (κ3) is 8.66. The van der Waals surface area contributed by atoms with Crippen molar-refractivity contribution in [1.29, 1.82) is 0 Å². The van der Waals surface area contributed by atoms with Gasteiger partial charge in [0.2, 0.25) is 0 Å². The van der Waals surface area contributed by atoms with Gasteiger partial charge in [0.25, 0.3) is 0 Å². The van der Waals surface area contributed by atoms with Gasteiger partial charge in [-0.15, -0.1) is 0 Å². The van der Waals surface area contributed by atoms with Crippen molar-refractivity contribution in [2.24, 2.45) is 5.41 Å². The molecule has 10 heteroatoms. The number of hydrogen-bond acceptors (Lipinski definition) is 7. The van der Waals surface area contributed by atoms with E-state index >= 15 is 0 Å². The first-order valence-corrected chi connectivity index (χ1v) is 10.3. The zero-order chi connectivity index (χ0) is 20.3. The molecular formula is C17H20Br2O7P+. The molecule has 2 rings (SSSR count). The third-order valence-electron chi connectivity index (χ3n) is 3.33. The fourth-order valence-electron chi connectivity index (χ4n) is 1.48. The molecule has 0 aliphatic rings. The van der Waals surface area contributed by atoms with Crippen LogP contribution in [0.5, 0.6) is 11.5 Å². The van der Waals surface area contributed by atoms with Gasteiger partial charge in [-0.3, -0.25) is 0 Å². The van der Waals surface area contributed by atoms with Crippen LogP contribution in [-0.4, -0.2) is 46.9 Å². The van der Waals surface area contributed by atoms with Crippen molar-refractivity contribution in [2.75, 3.05) is 26.4 Å². The summed E-state index contributed by atoms with van der Waals surface area (Å²) < 4.78 is 23.8. The maximum absolute atomic E-state index is 11.6. The number of benzene rings is 2. The molecule has 0 bridgehead atoms. The molecule has 0 unspecified atom stereocenters. The van der Waals surface area contributed by atoms with E-state index in [9.17, 15) is 4.57 Å². The van der Waals surface area contributed by atoms with E-state index in [4.69, 9.17) is 29.5 Å². The summed E-state index contributed by atoms with van der Waals surface area (Å²) >= 11 is 6.62. The fraction of sp³-hybridized carbons (Fsp3) is 0.294. The van der Waals surface area contributed by atoms with Crippen molar-refractivity contribution in [3.8, 4) is 11.5 Å². The monoisotopic (exact) mass is 525 g/mol. The van der Waals surface area contributed by atoms with Gasteiger partial charge in [0.05, 0.1) is 31.8 Å². The molecule has 4 N–H and O–H groups in total. The van der Waals surface area contributed by atoms with Gasteiger partial charge in [-0.05, 0) is 48.5 Å². The van der Waals surface area contributed by atoms with Crippen molar-refractivity contribution in [3.63, 3.8) is 0 Å². The number of aliphatic hydroxyl groups is 4. The van der Waals surface area contributed by atoms with Gasteiger partial charge >= 0.3 is 8.25 Å². The second-order valence-electron chi connectivity index (χ2n) is 5.45. The SMILES string of the molecule is O=[P+](Oc1ccc(Br)cc1)Oc1ccc(Br)cc1.OCC(CO)(CO)CO. The van der Waals surface area contributed by atoms with Crippen LogP contribution >= 0.6 is 40.1 Å². The molecule has 0 aliphatic carbocycles. The first-order chi connectivity index (χ1) is 12.9. The smallest absolute Gasteiger partial charge is 0.396 e. The van der Waals surface area contributed by atoms with Crippen LogP contribution in [0.2, 0.25) is 0 Å². The topological polar surface area (TPSA) is 116 Å². The van der Waals surface area contributed by atoms with Gasteiger partial charge in [0.15, 0.2) is 11.5 Å². The largest absolute Gasteiger partial charge is 0.805 e. The molecule has 0 aromatic heterocycles. The molecule has 0 saturated heterocycles. The van der Waals surface area contributed by atoms with Gasteiger partial charge in [0, 0.05) is 13.5 Å². The Morgan fingerprint density at radius 3 is 1.22 bits per heavy atom. The van der Waals surface area contributed by atoms with Crippen molar-refractivity contribution < 1.29 is 34.0 Å². The van der Waals surface area contributed by atoms with Crippen LogP contribution in [0.15, 0.2) is 57.5 Å². The summed E-state index contributed by atoms with van der Waals surface area (Å²) in [7, 11) is -2.23. The summed E-state index contributed by atoms with van der Waals surface area (Å²) in [5, 5.41) is 34.0. The molecule has 148 valence electrons. The first-order valence-electron chi connectivity index (χ1n) is 7.66. The second kappa shape index (κ2) is 12.4. The van der Waals surface area contributed by atoms with E-state index in [1.807, 2.05) is 0 Å². The molecular weight excluding hydrogens is 507 g/mol. The van der Waals surface area contributed by atoms with Gasteiger partial charge in [-0.1, -0.05) is 31.9 Å². The molecule has 0 aliphatic heterocycles. The zero-order valence-corrected chi connectivity index (χ0v) is 18.2. The van der Waals surface area contributed by atoms with Crippen molar-refractivity contribution in [3.05, 3.63) is 57.5 Å². The van der Waals surface area contributed by atoms with Crippen LogP contribution in [0, 0.1) is 5.41 Å². The van der Waals surface area contributed by atoms with Gasteiger partial charge in [0.1, 0.15) is 0 Å². The molecule has 27 heavy (non-hydrogen) atoms. The van der Waals surface area contributed by atoms with Crippen LogP contribution in [0.25, 0.3) is 0 Å². The standard InChI is InChI=1S/C12H8Br2O3P.C5H12O4/c13-9-1-5-11(6-2-9)16-18(15)17-12-7-3-10(14)4-8-12;6-1-5(2-7,3-8)4-9/h1-8H;6-9H,1-4H2/q+1;. The predicted octanol–water partition coefficient (Wildman–Crippen LogP) is 3.27. The Morgan fingerprint density at radius 1 is 0.704 bits per heavy atom. The minimum absolute atomic E-state index is 0.406. The van der Waals surface area contributed by atoms with Crippen molar-refractivity contribution in [2.45, 2.75) is 0 Å². The summed E-state index contributed by atoms with van der Waals surface area (Å²) in [5.74, 6) is 0.993. The summed E-state index contributed by atoms with van der Waals surface area (Å²) in [6, 6.07) is 14.1. The summed E-state index contributed by atoms with van der Waals surface area (Å²) in [5.41, 5.74) is -1.11. The molecule has 0 amide bonds. The summed E-state index contributed by atoms with van der Waals surface area (Å²) in [4.78, 5) is 0. The van der Waals surface area contributed by atoms with E-state index in [-0.39, 0.29) is 0 Å².